The minimum atomic E-state index is -1.25. The van der Waals surface area contributed by atoms with Crippen molar-refractivity contribution in [1.29, 1.82) is 0 Å². The van der Waals surface area contributed by atoms with Crippen LogP contribution in [-0.2, 0) is 28.7 Å². The van der Waals surface area contributed by atoms with Crippen LogP contribution in [0, 0.1) is 18.8 Å². The molecule has 0 unspecified atom stereocenters. The molecule has 50 heavy (non-hydrogen) atoms. The minimum absolute atomic E-state index is 0.00133. The second kappa shape index (κ2) is 13.6. The summed E-state index contributed by atoms with van der Waals surface area (Å²) >= 11 is 6.45. The number of hydrogen-bond acceptors (Lipinski definition) is 9. The van der Waals surface area contributed by atoms with Crippen LogP contribution in [0.15, 0.2) is 30.4 Å². The van der Waals surface area contributed by atoms with E-state index in [2.05, 4.69) is 10.3 Å². The number of halogens is 1. The van der Waals surface area contributed by atoms with Gasteiger partial charge in [0.1, 0.15) is 22.8 Å². The molecule has 11 nitrogen and oxygen atoms in total. The summed E-state index contributed by atoms with van der Waals surface area (Å²) in [6.07, 6.45) is 7.74. The lowest BCUT2D eigenvalue weighted by Gasteiger charge is -2.36. The smallest absolute Gasteiger partial charge is 0.332 e. The zero-order chi connectivity index (χ0) is 36.0. The van der Waals surface area contributed by atoms with Crippen molar-refractivity contribution in [3.05, 3.63) is 46.6 Å². The minimum Gasteiger partial charge on any atom is -0.482 e. The number of Topliss-reactive ketones (excluding diaryl/α,β-unsaturated/α-hetero) is 1. The number of para-hydroxylation sites is 1. The number of nitrogens with zero attached hydrogens (tertiary/aromatic N) is 2. The number of aromatic nitrogens is 1. The van der Waals surface area contributed by atoms with Crippen LogP contribution in [0.4, 0.5) is 0 Å². The number of esters is 2. The van der Waals surface area contributed by atoms with Gasteiger partial charge in [0.25, 0.3) is 0 Å². The Kier molecular flexibility index (Phi) is 9.76. The summed E-state index contributed by atoms with van der Waals surface area (Å²) in [6.45, 7) is 8.85. The lowest BCUT2D eigenvalue weighted by molar-refractivity contribution is -0.159. The van der Waals surface area contributed by atoms with Crippen molar-refractivity contribution in [2.75, 3.05) is 13.2 Å². The SMILES string of the molecule is CCOC(=O)[C@@]12C[C@H]1/C=C\CCCCC[C@H](CC(=O)OC(C)(C)C)C(=O)N1C[C@@]3(CC(=O)c4c(c(C)nc5c(Cl)cccc45)O3)C[C@H]1C(=O)N2. The van der Waals surface area contributed by atoms with Crippen molar-refractivity contribution in [2.24, 2.45) is 11.8 Å². The molecule has 1 aromatic heterocycles. The number of ketones is 1. The average molecular weight is 708 g/mol. The van der Waals surface area contributed by atoms with Crippen molar-refractivity contribution in [3.63, 3.8) is 0 Å². The summed E-state index contributed by atoms with van der Waals surface area (Å²) in [7, 11) is 0. The van der Waals surface area contributed by atoms with Gasteiger partial charge in [-0.05, 0) is 66.4 Å². The van der Waals surface area contributed by atoms with Gasteiger partial charge in [-0.2, -0.15) is 0 Å². The normalized spacial score (nSPS) is 29.1. The molecule has 1 saturated heterocycles. The number of ether oxygens (including phenoxy) is 3. The van der Waals surface area contributed by atoms with Crippen LogP contribution in [0.5, 0.6) is 5.75 Å². The molecule has 1 N–H and O–H groups in total. The van der Waals surface area contributed by atoms with Gasteiger partial charge in [-0.25, -0.2) is 9.78 Å². The molecule has 2 fully saturated rings. The highest BCUT2D eigenvalue weighted by molar-refractivity contribution is 6.35. The third kappa shape index (κ3) is 6.98. The van der Waals surface area contributed by atoms with E-state index in [-0.39, 0.29) is 50.0 Å². The quantitative estimate of drug-likeness (QED) is 0.308. The number of allylic oxidation sites excluding steroid dienone is 1. The Morgan fingerprint density at radius 2 is 1.92 bits per heavy atom. The molecule has 2 amide bonds. The van der Waals surface area contributed by atoms with E-state index >= 15 is 0 Å². The lowest BCUT2D eigenvalue weighted by Crippen LogP contribution is -2.54. The van der Waals surface area contributed by atoms with Gasteiger partial charge in [0, 0.05) is 23.6 Å². The number of pyridine rings is 1. The summed E-state index contributed by atoms with van der Waals surface area (Å²) in [5, 5.41) is 3.96. The first-order valence-corrected chi connectivity index (χ1v) is 18.0. The number of fused-ring (bicyclic) bond motifs is 5. The van der Waals surface area contributed by atoms with Crippen molar-refractivity contribution >= 4 is 52.0 Å². The molecule has 3 aliphatic heterocycles. The molecule has 1 saturated carbocycles. The van der Waals surface area contributed by atoms with Crippen LogP contribution in [-0.4, -0.2) is 75.4 Å². The molecule has 4 aliphatic rings. The first-order chi connectivity index (χ1) is 23.7. The van der Waals surface area contributed by atoms with E-state index in [4.69, 9.17) is 25.8 Å². The van der Waals surface area contributed by atoms with Crippen molar-refractivity contribution in [2.45, 2.75) is 115 Å². The number of benzene rings is 1. The number of carbonyl (C=O) groups is 5. The highest BCUT2D eigenvalue weighted by Crippen LogP contribution is 2.48. The van der Waals surface area contributed by atoms with E-state index in [1.807, 2.05) is 12.2 Å². The Morgan fingerprint density at radius 3 is 2.66 bits per heavy atom. The summed E-state index contributed by atoms with van der Waals surface area (Å²) in [4.78, 5) is 75.6. The van der Waals surface area contributed by atoms with Gasteiger partial charge in [-0.1, -0.05) is 48.7 Å². The van der Waals surface area contributed by atoms with Gasteiger partial charge in [0.15, 0.2) is 11.5 Å². The van der Waals surface area contributed by atoms with E-state index in [9.17, 15) is 24.0 Å². The Balaban J connectivity index is 1.38. The summed E-state index contributed by atoms with van der Waals surface area (Å²) in [5.41, 5.74) is -1.91. The fourth-order valence-corrected chi connectivity index (χ4v) is 7.95. The Hall–Kier alpha value is -3.99. The first kappa shape index (κ1) is 35.8. The molecule has 2 aromatic rings. The second-order valence-corrected chi connectivity index (χ2v) is 15.6. The molecule has 4 heterocycles. The molecule has 5 atom stereocenters. The van der Waals surface area contributed by atoms with Gasteiger partial charge in [-0.3, -0.25) is 19.2 Å². The van der Waals surface area contributed by atoms with Crippen LogP contribution in [0.3, 0.4) is 0 Å². The number of amides is 2. The van der Waals surface area contributed by atoms with Gasteiger partial charge in [0.2, 0.25) is 11.8 Å². The second-order valence-electron chi connectivity index (χ2n) is 15.2. The summed E-state index contributed by atoms with van der Waals surface area (Å²) in [5.74, 6) is -2.86. The van der Waals surface area contributed by atoms with Crippen molar-refractivity contribution < 1.29 is 38.2 Å². The summed E-state index contributed by atoms with van der Waals surface area (Å²) < 4.78 is 17.7. The van der Waals surface area contributed by atoms with Crippen LogP contribution >= 0.6 is 11.6 Å². The first-order valence-electron chi connectivity index (χ1n) is 17.7. The number of rotatable bonds is 4. The zero-order valence-corrected chi connectivity index (χ0v) is 30.2. The predicted molar refractivity (Wildman–Crippen MR) is 186 cm³/mol. The van der Waals surface area contributed by atoms with E-state index in [0.717, 1.165) is 19.3 Å². The maximum Gasteiger partial charge on any atom is 0.332 e. The molecule has 0 radical (unpaired) electrons. The highest BCUT2D eigenvalue weighted by atomic mass is 35.5. The molecule has 1 spiro atoms. The highest BCUT2D eigenvalue weighted by Gasteiger charge is 2.63. The maximum atomic E-state index is 14.6. The molecule has 12 heteroatoms. The average Bonchev–Trinajstić information content (AvgIpc) is 3.61. The number of nitrogens with one attached hydrogen (secondary N) is 1. The number of hydrogen-bond donors (Lipinski definition) is 1. The molecular formula is C38H46ClN3O8. The third-order valence-electron chi connectivity index (χ3n) is 10.1. The van der Waals surface area contributed by atoms with Gasteiger partial charge in [0.05, 0.1) is 47.8 Å². The van der Waals surface area contributed by atoms with Crippen molar-refractivity contribution in [1.82, 2.24) is 15.2 Å². The standard InChI is InChI=1S/C38H46ClN3O8/c1-6-48-35(47)38-18-24(38)14-11-9-7-8-10-13-23(17-29(44)49-36(3,4)5)34(46)42-21-37(19-27(42)33(45)41-38)20-28(43)30-25-15-12-16-26(39)31(25)40-22(2)32(30)50-37/h11-12,14-16,23-24,27H,6-10,13,17-21H2,1-5H3,(H,41,45)/b14-11-/t23-,24-,27+,37+,38-/m1/s1. The van der Waals surface area contributed by atoms with E-state index in [1.165, 1.54) is 4.90 Å². The third-order valence-corrected chi connectivity index (χ3v) is 10.4. The molecular weight excluding hydrogens is 662 g/mol. The monoisotopic (exact) mass is 707 g/mol. The predicted octanol–water partition coefficient (Wildman–Crippen LogP) is 5.81. The topological polar surface area (TPSA) is 141 Å². The summed E-state index contributed by atoms with van der Waals surface area (Å²) in [6, 6.07) is 4.15. The number of carbonyl (C=O) groups excluding carboxylic acids is 5. The number of aryl methyl sites for hydroxylation is 1. The van der Waals surface area contributed by atoms with Crippen molar-refractivity contribution in [3.8, 4) is 5.75 Å². The fraction of sp³-hybridized carbons (Fsp3) is 0.579. The fourth-order valence-electron chi connectivity index (χ4n) is 7.74. The van der Waals surface area contributed by atoms with Crippen LogP contribution < -0.4 is 10.1 Å². The van der Waals surface area contributed by atoms with E-state index in [1.54, 1.807) is 52.8 Å². The van der Waals surface area contributed by atoms with Crippen LogP contribution in [0.25, 0.3) is 10.9 Å². The molecule has 0 bridgehead atoms. The molecule has 1 aliphatic carbocycles. The largest absolute Gasteiger partial charge is 0.482 e. The van der Waals surface area contributed by atoms with Crippen LogP contribution in [0.2, 0.25) is 5.02 Å². The Bertz CT molecular complexity index is 1770. The zero-order valence-electron chi connectivity index (χ0n) is 29.4. The maximum absolute atomic E-state index is 14.6. The van der Waals surface area contributed by atoms with E-state index < -0.39 is 46.5 Å². The Labute approximate surface area is 297 Å². The van der Waals surface area contributed by atoms with Crippen LogP contribution in [0.1, 0.15) is 102 Å². The molecule has 6 rings (SSSR count). The molecule has 1 aromatic carbocycles. The van der Waals surface area contributed by atoms with Gasteiger partial charge >= 0.3 is 11.9 Å². The lowest BCUT2D eigenvalue weighted by atomic mass is 9.86. The van der Waals surface area contributed by atoms with E-state index in [0.29, 0.717) is 52.2 Å². The van der Waals surface area contributed by atoms with Gasteiger partial charge in [-0.15, -0.1) is 0 Å². The molecule has 268 valence electrons. The Morgan fingerprint density at radius 1 is 1.14 bits per heavy atom. The van der Waals surface area contributed by atoms with Gasteiger partial charge < -0.3 is 24.4 Å².